The molecule has 0 saturated heterocycles. The van der Waals surface area contributed by atoms with E-state index in [-0.39, 0.29) is 0 Å². The normalized spacial score (nSPS) is 16.4. The quantitative estimate of drug-likeness (QED) is 0.226. The van der Waals surface area contributed by atoms with E-state index in [0.717, 1.165) is 30.6 Å². The first-order chi connectivity index (χ1) is 19.8. The lowest BCUT2D eigenvalue weighted by molar-refractivity contribution is 0.513. The molecule has 2 heteroatoms. The zero-order valence-electron chi connectivity index (χ0n) is 22.9. The van der Waals surface area contributed by atoms with E-state index in [0.29, 0.717) is 12.0 Å². The Kier molecular flexibility index (Phi) is 6.45. The Morgan fingerprint density at radius 1 is 0.650 bits per heavy atom. The number of nitrogens with one attached hydrogen (secondary N) is 1. The van der Waals surface area contributed by atoms with Gasteiger partial charge < -0.3 is 10.2 Å². The van der Waals surface area contributed by atoms with Crippen LogP contribution in [0.5, 0.6) is 0 Å². The smallest absolute Gasteiger partial charge is 0.0529 e. The maximum absolute atomic E-state index is 3.72. The van der Waals surface area contributed by atoms with Gasteiger partial charge in [-0.25, -0.2) is 0 Å². The summed E-state index contributed by atoms with van der Waals surface area (Å²) in [5.41, 5.74) is 7.79. The molecule has 6 aromatic rings. The van der Waals surface area contributed by atoms with Crippen LogP contribution in [0, 0.1) is 0 Å². The van der Waals surface area contributed by atoms with Crippen LogP contribution in [0.2, 0.25) is 0 Å². The molecule has 1 aliphatic heterocycles. The highest BCUT2D eigenvalue weighted by Crippen LogP contribution is 2.51. The summed E-state index contributed by atoms with van der Waals surface area (Å²) >= 11 is 0. The summed E-state index contributed by atoms with van der Waals surface area (Å²) < 4.78 is 0. The summed E-state index contributed by atoms with van der Waals surface area (Å²) in [7, 11) is 0. The Hall–Kier alpha value is -4.56. The molecule has 2 atom stereocenters. The molecule has 2 unspecified atom stereocenters. The van der Waals surface area contributed by atoms with E-state index in [1.165, 1.54) is 44.0 Å². The summed E-state index contributed by atoms with van der Waals surface area (Å²) in [4.78, 5) is 2.64. The molecule has 40 heavy (non-hydrogen) atoms. The molecule has 1 N–H and O–H groups in total. The van der Waals surface area contributed by atoms with Gasteiger partial charge in [-0.2, -0.15) is 0 Å². The number of hydrogen-bond acceptors (Lipinski definition) is 2. The number of anilines is 4. The van der Waals surface area contributed by atoms with E-state index >= 15 is 0 Å². The molecule has 0 fully saturated rings. The van der Waals surface area contributed by atoms with Gasteiger partial charge >= 0.3 is 0 Å². The van der Waals surface area contributed by atoms with Gasteiger partial charge in [0.25, 0.3) is 0 Å². The highest BCUT2D eigenvalue weighted by atomic mass is 15.2. The number of hydrogen-bond donors (Lipinski definition) is 1. The van der Waals surface area contributed by atoms with Gasteiger partial charge in [0.2, 0.25) is 0 Å². The van der Waals surface area contributed by atoms with Gasteiger partial charge in [0.05, 0.1) is 5.69 Å². The Bertz CT molecular complexity index is 1780. The third kappa shape index (κ3) is 4.40. The monoisotopic (exact) mass is 518 g/mol. The van der Waals surface area contributed by atoms with Crippen molar-refractivity contribution < 1.29 is 0 Å². The van der Waals surface area contributed by atoms with Crippen LogP contribution in [-0.4, -0.2) is 6.04 Å². The first kappa shape index (κ1) is 24.5. The highest BCUT2D eigenvalue weighted by molar-refractivity contribution is 6.00. The van der Waals surface area contributed by atoms with Gasteiger partial charge in [0, 0.05) is 39.8 Å². The van der Waals surface area contributed by atoms with Crippen LogP contribution in [0.15, 0.2) is 133 Å². The number of rotatable bonds is 7. The predicted octanol–water partition coefficient (Wildman–Crippen LogP) is 10.4. The molecule has 0 spiro atoms. The lowest BCUT2D eigenvalue weighted by Gasteiger charge is -2.31. The van der Waals surface area contributed by atoms with Gasteiger partial charge in [-0.3, -0.25) is 0 Å². The van der Waals surface area contributed by atoms with E-state index in [1.807, 2.05) is 0 Å². The molecule has 0 radical (unpaired) electrons. The van der Waals surface area contributed by atoms with Crippen LogP contribution in [-0.2, 0) is 6.42 Å². The fourth-order valence-electron chi connectivity index (χ4n) is 6.69. The van der Waals surface area contributed by atoms with Gasteiger partial charge in [0.1, 0.15) is 0 Å². The van der Waals surface area contributed by atoms with Crippen molar-refractivity contribution in [3.8, 4) is 0 Å². The summed E-state index contributed by atoms with van der Waals surface area (Å²) in [6.07, 6.45) is 3.31. The topological polar surface area (TPSA) is 15.3 Å². The molecule has 0 aliphatic carbocycles. The number of para-hydroxylation sites is 1. The van der Waals surface area contributed by atoms with Crippen molar-refractivity contribution >= 4 is 44.3 Å². The summed E-state index contributed by atoms with van der Waals surface area (Å²) in [6, 6.07) is 49.0. The fraction of sp³-hybridized carbons (Fsp3) is 0.158. The van der Waals surface area contributed by atoms with Crippen molar-refractivity contribution in [2.24, 2.45) is 0 Å². The first-order valence-corrected chi connectivity index (χ1v) is 14.5. The first-order valence-electron chi connectivity index (χ1n) is 14.5. The molecule has 0 bridgehead atoms. The molecule has 7 rings (SSSR count). The fourth-order valence-corrected chi connectivity index (χ4v) is 6.69. The summed E-state index contributed by atoms with van der Waals surface area (Å²) in [6.45, 7) is 2.32. The Morgan fingerprint density at radius 3 is 2.17 bits per heavy atom. The maximum atomic E-state index is 3.72. The summed E-state index contributed by atoms with van der Waals surface area (Å²) in [5, 5.41) is 8.86. The zero-order chi connectivity index (χ0) is 26.9. The number of fused-ring (bicyclic) bond motifs is 4. The molecule has 1 aliphatic rings. The minimum absolute atomic E-state index is 0.405. The van der Waals surface area contributed by atoms with E-state index in [9.17, 15) is 0 Å². The van der Waals surface area contributed by atoms with E-state index < -0.39 is 0 Å². The lowest BCUT2D eigenvalue weighted by atomic mass is 9.86. The zero-order valence-corrected chi connectivity index (χ0v) is 22.9. The number of benzene rings is 6. The Balaban J connectivity index is 1.28. The third-order valence-corrected chi connectivity index (χ3v) is 8.44. The molecular weight excluding hydrogens is 484 g/mol. The van der Waals surface area contributed by atoms with Crippen molar-refractivity contribution in [3.63, 3.8) is 0 Å². The molecule has 196 valence electrons. The van der Waals surface area contributed by atoms with Gasteiger partial charge in [-0.05, 0) is 65.1 Å². The molecule has 6 aromatic carbocycles. The molecule has 0 amide bonds. The average molecular weight is 519 g/mol. The van der Waals surface area contributed by atoms with Crippen molar-refractivity contribution in [3.05, 3.63) is 145 Å². The van der Waals surface area contributed by atoms with Crippen LogP contribution < -0.4 is 10.2 Å². The average Bonchev–Trinajstić information content (AvgIpc) is 3.31. The molecule has 0 aromatic heterocycles. The number of nitrogens with zero attached hydrogens (tertiary/aromatic N) is 1. The molecule has 0 saturated carbocycles. The van der Waals surface area contributed by atoms with Crippen LogP contribution in [0.4, 0.5) is 22.7 Å². The van der Waals surface area contributed by atoms with E-state index in [1.54, 1.807) is 0 Å². The second-order valence-electron chi connectivity index (χ2n) is 10.9. The van der Waals surface area contributed by atoms with Crippen molar-refractivity contribution in [2.75, 3.05) is 10.2 Å². The van der Waals surface area contributed by atoms with Gasteiger partial charge in [-0.15, -0.1) is 0 Å². The third-order valence-electron chi connectivity index (χ3n) is 8.44. The minimum atomic E-state index is 0.405. The largest absolute Gasteiger partial charge is 0.355 e. The van der Waals surface area contributed by atoms with Gasteiger partial charge in [-0.1, -0.05) is 116 Å². The SMILES string of the molecule is CCCC1C(Cc2cccc(Nc3cccc4ccccc34)c2)c2ccc3ccccc3c2N1c1ccccc1. The van der Waals surface area contributed by atoms with Crippen molar-refractivity contribution in [2.45, 2.75) is 38.1 Å². The minimum Gasteiger partial charge on any atom is -0.355 e. The Labute approximate surface area is 236 Å². The van der Waals surface area contributed by atoms with Gasteiger partial charge in [0.15, 0.2) is 0 Å². The molecular formula is C38H34N2. The van der Waals surface area contributed by atoms with Crippen LogP contribution >= 0.6 is 0 Å². The molecule has 2 nitrogen and oxygen atoms in total. The predicted molar refractivity (Wildman–Crippen MR) is 171 cm³/mol. The second-order valence-corrected chi connectivity index (χ2v) is 10.9. The van der Waals surface area contributed by atoms with E-state index in [2.05, 4.69) is 151 Å². The van der Waals surface area contributed by atoms with Crippen molar-refractivity contribution in [1.82, 2.24) is 0 Å². The standard InChI is InChI=1S/C38H34N2/c1-2-12-37-35(26-27-13-10-17-30(25-27)39-36-22-11-16-28-14-6-8-20-32(28)36)34-24-23-29-15-7-9-21-33(29)38(34)40(37)31-18-4-3-5-19-31/h3-11,13-25,35,37,39H,2,12,26H2,1H3. The van der Waals surface area contributed by atoms with E-state index in [4.69, 9.17) is 0 Å². The lowest BCUT2D eigenvalue weighted by Crippen LogP contribution is -2.31. The Morgan fingerprint density at radius 2 is 1.35 bits per heavy atom. The van der Waals surface area contributed by atoms with Crippen LogP contribution in [0.1, 0.15) is 36.8 Å². The molecule has 1 heterocycles. The maximum Gasteiger partial charge on any atom is 0.0529 e. The van der Waals surface area contributed by atoms with Crippen LogP contribution in [0.3, 0.4) is 0 Å². The summed E-state index contributed by atoms with van der Waals surface area (Å²) in [5.74, 6) is 0.410. The van der Waals surface area contributed by atoms with Crippen LogP contribution in [0.25, 0.3) is 21.5 Å². The second kappa shape index (κ2) is 10.5. The highest BCUT2D eigenvalue weighted by Gasteiger charge is 2.39. The van der Waals surface area contributed by atoms with Crippen molar-refractivity contribution in [1.29, 1.82) is 0 Å².